The third-order valence-electron chi connectivity index (χ3n) is 3.78. The highest BCUT2D eigenvalue weighted by atomic mass is 79.9. The molecule has 1 heterocycles. The number of anilines is 1. The maximum absolute atomic E-state index is 13.9. The summed E-state index contributed by atoms with van der Waals surface area (Å²) in [7, 11) is 0. The van der Waals surface area contributed by atoms with Gasteiger partial charge in [-0.05, 0) is 40.2 Å². The maximum Gasteiger partial charge on any atom is 0.303 e. The quantitative estimate of drug-likeness (QED) is 0.583. The van der Waals surface area contributed by atoms with Crippen LogP contribution in [-0.4, -0.2) is 22.0 Å². The molecule has 0 aliphatic rings. The fourth-order valence-electron chi connectivity index (χ4n) is 2.51. The molecule has 0 saturated carbocycles. The van der Waals surface area contributed by atoms with Crippen LogP contribution in [0.1, 0.15) is 17.8 Å². The zero-order valence-electron chi connectivity index (χ0n) is 13.8. The molecule has 27 heavy (non-hydrogen) atoms. The van der Waals surface area contributed by atoms with Gasteiger partial charge in [-0.1, -0.05) is 12.1 Å². The van der Waals surface area contributed by atoms with Crippen LogP contribution in [0.3, 0.4) is 0 Å². The van der Waals surface area contributed by atoms with E-state index in [1.54, 1.807) is 24.3 Å². The highest BCUT2D eigenvalue weighted by Gasteiger charge is 2.22. The zero-order valence-corrected chi connectivity index (χ0v) is 16.2. The lowest BCUT2D eigenvalue weighted by Gasteiger charge is -2.23. The molecule has 9 heteroatoms. The normalized spacial score (nSPS) is 10.9. The molecule has 0 radical (unpaired) electrons. The molecule has 3 rings (SSSR count). The number of halogens is 3. The number of carboxylic acid groups (broad SMARTS) is 1. The Morgan fingerprint density at radius 2 is 1.89 bits per heavy atom. The summed E-state index contributed by atoms with van der Waals surface area (Å²) in [6.07, 6.45) is -0.496. The Bertz CT molecular complexity index is 1030. The number of carbonyl (C=O) groups excluding carboxylic acids is 1. The van der Waals surface area contributed by atoms with Gasteiger partial charge in [0.05, 0.1) is 28.9 Å². The second-order valence-corrected chi connectivity index (χ2v) is 7.58. The number of carbonyl (C=O) groups is 2. The van der Waals surface area contributed by atoms with Gasteiger partial charge in [-0.25, -0.2) is 13.8 Å². The van der Waals surface area contributed by atoms with Crippen molar-refractivity contribution in [2.45, 2.75) is 19.4 Å². The van der Waals surface area contributed by atoms with Crippen LogP contribution in [0.2, 0.25) is 0 Å². The van der Waals surface area contributed by atoms with E-state index >= 15 is 0 Å². The summed E-state index contributed by atoms with van der Waals surface area (Å²) in [4.78, 5) is 29.1. The Morgan fingerprint density at radius 3 is 2.59 bits per heavy atom. The summed E-state index contributed by atoms with van der Waals surface area (Å²) in [5.41, 5.74) is 0.845. The van der Waals surface area contributed by atoms with E-state index in [0.29, 0.717) is 20.7 Å². The number of hydrogen-bond acceptors (Lipinski definition) is 4. The molecule has 0 bridgehead atoms. The van der Waals surface area contributed by atoms with Gasteiger partial charge in [-0.15, -0.1) is 11.3 Å². The van der Waals surface area contributed by atoms with E-state index in [1.807, 2.05) is 0 Å². The van der Waals surface area contributed by atoms with Gasteiger partial charge < -0.3 is 10.0 Å². The van der Waals surface area contributed by atoms with Crippen molar-refractivity contribution in [1.29, 1.82) is 0 Å². The van der Waals surface area contributed by atoms with Crippen LogP contribution in [-0.2, 0) is 16.1 Å². The molecular weight excluding hydrogens is 442 g/mol. The lowest BCUT2D eigenvalue weighted by atomic mass is 10.2. The predicted molar refractivity (Wildman–Crippen MR) is 102 cm³/mol. The van der Waals surface area contributed by atoms with Gasteiger partial charge in [0.1, 0.15) is 5.01 Å². The molecule has 0 atom stereocenters. The van der Waals surface area contributed by atoms with Gasteiger partial charge in [0.25, 0.3) is 0 Å². The molecule has 0 unspecified atom stereocenters. The van der Waals surface area contributed by atoms with E-state index in [1.165, 1.54) is 11.0 Å². The zero-order chi connectivity index (χ0) is 19.6. The highest BCUT2D eigenvalue weighted by Crippen LogP contribution is 2.31. The van der Waals surface area contributed by atoms with Gasteiger partial charge in [-0.2, -0.15) is 0 Å². The van der Waals surface area contributed by atoms with E-state index < -0.39 is 23.5 Å². The molecule has 5 nitrogen and oxygen atoms in total. The summed E-state index contributed by atoms with van der Waals surface area (Å²) in [5, 5.41) is 9.25. The Hall–Kier alpha value is -2.39. The molecule has 0 spiro atoms. The minimum atomic E-state index is -1.08. The van der Waals surface area contributed by atoms with Crippen molar-refractivity contribution >= 4 is 55.0 Å². The van der Waals surface area contributed by atoms with Crippen molar-refractivity contribution < 1.29 is 23.5 Å². The van der Waals surface area contributed by atoms with Crippen molar-refractivity contribution in [3.05, 3.63) is 57.5 Å². The molecule has 140 valence electrons. The molecule has 1 aromatic heterocycles. The predicted octanol–water partition coefficient (Wildman–Crippen LogP) is 4.74. The molecule has 1 amide bonds. The lowest BCUT2D eigenvalue weighted by molar-refractivity contribution is -0.138. The largest absolute Gasteiger partial charge is 0.481 e. The number of nitrogens with zero attached hydrogens (tertiary/aromatic N) is 2. The van der Waals surface area contributed by atoms with E-state index in [4.69, 9.17) is 5.11 Å². The fraction of sp³-hybridized carbons (Fsp3) is 0.167. The molecular formula is C18H13BrF2N2O3S. The molecule has 3 aromatic rings. The van der Waals surface area contributed by atoms with Gasteiger partial charge in [0.2, 0.25) is 5.91 Å². The number of thiazole rings is 1. The molecule has 2 aromatic carbocycles. The minimum absolute atomic E-state index is 0.0153. The smallest absolute Gasteiger partial charge is 0.303 e. The summed E-state index contributed by atoms with van der Waals surface area (Å²) in [6.45, 7) is 0.0153. The van der Waals surface area contributed by atoms with Crippen LogP contribution in [0.4, 0.5) is 14.5 Å². The number of carboxylic acids is 1. The van der Waals surface area contributed by atoms with E-state index in [2.05, 4.69) is 20.9 Å². The number of aliphatic carboxylic acids is 1. The monoisotopic (exact) mass is 454 g/mol. The molecule has 0 fully saturated rings. The van der Waals surface area contributed by atoms with Crippen molar-refractivity contribution in [1.82, 2.24) is 4.98 Å². The Kier molecular flexibility index (Phi) is 5.81. The van der Waals surface area contributed by atoms with Crippen LogP contribution in [0.25, 0.3) is 10.2 Å². The number of amides is 1. The number of rotatable bonds is 6. The SMILES string of the molecule is O=C(O)CCC(=O)N(Cc1nc2ccc(F)c(F)c2s1)c1ccccc1Br. The Morgan fingerprint density at radius 1 is 1.15 bits per heavy atom. The number of hydrogen-bond donors (Lipinski definition) is 1. The van der Waals surface area contributed by atoms with Gasteiger partial charge in [0.15, 0.2) is 11.6 Å². The highest BCUT2D eigenvalue weighted by molar-refractivity contribution is 9.10. The van der Waals surface area contributed by atoms with Gasteiger partial charge in [-0.3, -0.25) is 9.59 Å². The Labute approximate surface area is 165 Å². The third kappa shape index (κ3) is 4.30. The number of benzene rings is 2. The number of para-hydroxylation sites is 1. The van der Waals surface area contributed by atoms with Crippen LogP contribution >= 0.6 is 27.3 Å². The first-order valence-corrected chi connectivity index (χ1v) is 9.48. The molecule has 0 saturated heterocycles. The minimum Gasteiger partial charge on any atom is -0.481 e. The Balaban J connectivity index is 1.96. The number of aromatic nitrogens is 1. The molecule has 0 aliphatic carbocycles. The van der Waals surface area contributed by atoms with Crippen molar-refractivity contribution in [2.24, 2.45) is 0 Å². The van der Waals surface area contributed by atoms with Crippen LogP contribution < -0.4 is 4.90 Å². The summed E-state index contributed by atoms with van der Waals surface area (Å²) < 4.78 is 28.1. The second kappa shape index (κ2) is 8.10. The van der Waals surface area contributed by atoms with Crippen LogP contribution in [0.5, 0.6) is 0 Å². The summed E-state index contributed by atoms with van der Waals surface area (Å²) in [5.74, 6) is -3.41. The third-order valence-corrected chi connectivity index (χ3v) is 5.50. The maximum atomic E-state index is 13.9. The van der Waals surface area contributed by atoms with Gasteiger partial charge in [0, 0.05) is 10.9 Å². The summed E-state index contributed by atoms with van der Waals surface area (Å²) in [6, 6.07) is 9.36. The molecule has 0 aliphatic heterocycles. The van der Waals surface area contributed by atoms with E-state index in [-0.39, 0.29) is 24.1 Å². The van der Waals surface area contributed by atoms with Crippen molar-refractivity contribution in [2.75, 3.05) is 4.90 Å². The first-order chi connectivity index (χ1) is 12.9. The second-order valence-electron chi connectivity index (χ2n) is 5.64. The summed E-state index contributed by atoms with van der Waals surface area (Å²) >= 11 is 4.33. The first kappa shape index (κ1) is 19.4. The lowest BCUT2D eigenvalue weighted by Crippen LogP contribution is -2.31. The first-order valence-electron chi connectivity index (χ1n) is 7.87. The fourth-order valence-corrected chi connectivity index (χ4v) is 3.99. The average molecular weight is 455 g/mol. The van der Waals surface area contributed by atoms with Crippen LogP contribution in [0.15, 0.2) is 40.9 Å². The topological polar surface area (TPSA) is 70.5 Å². The average Bonchev–Trinajstić information content (AvgIpc) is 3.05. The van der Waals surface area contributed by atoms with Crippen molar-refractivity contribution in [3.8, 4) is 0 Å². The van der Waals surface area contributed by atoms with Crippen molar-refractivity contribution in [3.63, 3.8) is 0 Å². The van der Waals surface area contributed by atoms with E-state index in [9.17, 15) is 18.4 Å². The number of fused-ring (bicyclic) bond motifs is 1. The van der Waals surface area contributed by atoms with Gasteiger partial charge >= 0.3 is 5.97 Å². The van der Waals surface area contributed by atoms with Crippen LogP contribution in [0, 0.1) is 11.6 Å². The molecule has 1 N–H and O–H groups in total. The standard InChI is InChI=1S/C18H13BrF2N2O3S/c19-10-3-1-2-4-13(10)23(15(24)7-8-16(25)26)9-14-22-12-6-5-11(20)17(21)18(12)27-14/h1-6H,7-9H2,(H,25,26). The van der Waals surface area contributed by atoms with E-state index in [0.717, 1.165) is 17.4 Å².